The number of sulfonamides is 1. The molecule has 5 nitrogen and oxygen atoms in total. The smallest absolute Gasteiger partial charge is 0.274 e. The molecule has 7 heteroatoms. The van der Waals surface area contributed by atoms with Crippen molar-refractivity contribution >= 4 is 21.8 Å². The van der Waals surface area contributed by atoms with Crippen LogP contribution in [0.4, 0.5) is 0 Å². The van der Waals surface area contributed by atoms with Gasteiger partial charge in [-0.15, -0.1) is 0 Å². The van der Waals surface area contributed by atoms with Gasteiger partial charge in [-0.3, -0.25) is 0 Å². The zero-order valence-corrected chi connectivity index (χ0v) is 13.9. The summed E-state index contributed by atoms with van der Waals surface area (Å²) >= 11 is 1.80. The van der Waals surface area contributed by atoms with Gasteiger partial charge in [0.1, 0.15) is 5.76 Å². The monoisotopic (exact) mass is 320 g/mol. The third-order valence-corrected chi connectivity index (χ3v) is 5.10. The van der Waals surface area contributed by atoms with Crippen molar-refractivity contribution in [1.82, 2.24) is 10.0 Å². The Balaban J connectivity index is 2.57. The summed E-state index contributed by atoms with van der Waals surface area (Å²) in [6.45, 7) is 7.30. The van der Waals surface area contributed by atoms with Crippen LogP contribution in [0.2, 0.25) is 0 Å². The molecular formula is C13H24N2O3S2. The summed E-state index contributed by atoms with van der Waals surface area (Å²) in [6, 6.07) is 3.10. The molecule has 0 bridgehead atoms. The van der Waals surface area contributed by atoms with Crippen molar-refractivity contribution in [1.29, 1.82) is 0 Å². The predicted octanol–water partition coefficient (Wildman–Crippen LogP) is 2.20. The van der Waals surface area contributed by atoms with Gasteiger partial charge in [-0.25, -0.2) is 13.1 Å². The van der Waals surface area contributed by atoms with Gasteiger partial charge in [0.05, 0.1) is 6.54 Å². The third kappa shape index (κ3) is 5.87. The van der Waals surface area contributed by atoms with Gasteiger partial charge >= 0.3 is 0 Å². The molecule has 0 aliphatic rings. The maximum atomic E-state index is 12.1. The van der Waals surface area contributed by atoms with Crippen LogP contribution in [-0.4, -0.2) is 32.5 Å². The molecule has 1 aromatic rings. The molecule has 1 rings (SSSR count). The van der Waals surface area contributed by atoms with E-state index < -0.39 is 10.0 Å². The number of hydrogen-bond acceptors (Lipinski definition) is 5. The maximum Gasteiger partial charge on any atom is 0.274 e. The van der Waals surface area contributed by atoms with Gasteiger partial charge in [-0.05, 0) is 43.5 Å². The molecule has 1 unspecified atom stereocenters. The van der Waals surface area contributed by atoms with E-state index in [0.717, 1.165) is 24.5 Å². The third-order valence-electron chi connectivity index (χ3n) is 2.71. The van der Waals surface area contributed by atoms with Crippen LogP contribution in [0, 0.1) is 0 Å². The molecule has 0 saturated carbocycles. The van der Waals surface area contributed by atoms with E-state index in [1.165, 1.54) is 6.07 Å². The Bertz CT molecular complexity index is 486. The van der Waals surface area contributed by atoms with E-state index >= 15 is 0 Å². The van der Waals surface area contributed by atoms with Crippen LogP contribution in [0.5, 0.6) is 0 Å². The van der Waals surface area contributed by atoms with Crippen LogP contribution in [0.1, 0.15) is 33.0 Å². The normalized spacial score (nSPS) is 13.6. The first-order valence-corrected chi connectivity index (χ1v) is 9.52. The second kappa shape index (κ2) is 8.71. The Morgan fingerprint density at radius 2 is 2.10 bits per heavy atom. The van der Waals surface area contributed by atoms with Gasteiger partial charge in [0.15, 0.2) is 0 Å². The van der Waals surface area contributed by atoms with Gasteiger partial charge in [0.25, 0.3) is 10.0 Å². The molecule has 1 aromatic heterocycles. The Hall–Kier alpha value is -0.500. The SMILES string of the molecule is CCNCc1ccc(S(=O)(=O)NC(C)CCSCC)o1. The van der Waals surface area contributed by atoms with Crippen LogP contribution in [0.3, 0.4) is 0 Å². The highest BCUT2D eigenvalue weighted by Crippen LogP contribution is 2.15. The Kier molecular flexibility index (Phi) is 7.65. The van der Waals surface area contributed by atoms with Crippen LogP contribution in [-0.2, 0) is 16.6 Å². The summed E-state index contributed by atoms with van der Waals surface area (Å²) < 4.78 is 32.3. The van der Waals surface area contributed by atoms with E-state index in [9.17, 15) is 8.42 Å². The van der Waals surface area contributed by atoms with Crippen LogP contribution < -0.4 is 10.0 Å². The molecular weight excluding hydrogens is 296 g/mol. The molecule has 0 aliphatic carbocycles. The van der Waals surface area contributed by atoms with Crippen LogP contribution in [0.25, 0.3) is 0 Å². The number of furan rings is 1. The van der Waals surface area contributed by atoms with Crippen molar-refractivity contribution in [2.75, 3.05) is 18.1 Å². The standard InChI is InChI=1S/C13H24N2O3S2/c1-4-14-10-12-6-7-13(18-12)20(16,17)15-11(3)8-9-19-5-2/h6-7,11,14-15H,4-5,8-10H2,1-3H3. The largest absolute Gasteiger partial charge is 0.447 e. The van der Waals surface area contributed by atoms with E-state index in [0.29, 0.717) is 12.3 Å². The van der Waals surface area contributed by atoms with Crippen LogP contribution in [0.15, 0.2) is 21.6 Å². The van der Waals surface area contributed by atoms with Crippen molar-refractivity contribution in [2.45, 2.75) is 44.9 Å². The lowest BCUT2D eigenvalue weighted by Gasteiger charge is -2.12. The minimum Gasteiger partial charge on any atom is -0.447 e. The average molecular weight is 320 g/mol. The topological polar surface area (TPSA) is 71.3 Å². The highest BCUT2D eigenvalue weighted by Gasteiger charge is 2.21. The molecule has 0 saturated heterocycles. The summed E-state index contributed by atoms with van der Waals surface area (Å²) in [7, 11) is -3.55. The second-order valence-electron chi connectivity index (χ2n) is 4.51. The first kappa shape index (κ1) is 17.6. The fourth-order valence-electron chi connectivity index (χ4n) is 1.63. The number of rotatable bonds is 10. The molecule has 0 aliphatic heterocycles. The summed E-state index contributed by atoms with van der Waals surface area (Å²) in [6.07, 6.45) is 0.808. The zero-order chi connectivity index (χ0) is 15.0. The Morgan fingerprint density at radius 1 is 1.35 bits per heavy atom. The predicted molar refractivity (Wildman–Crippen MR) is 83.5 cm³/mol. The van der Waals surface area contributed by atoms with E-state index in [1.807, 2.05) is 13.8 Å². The average Bonchev–Trinajstić information content (AvgIpc) is 2.85. The quantitative estimate of drug-likeness (QED) is 0.647. The van der Waals surface area contributed by atoms with Crippen molar-refractivity contribution in [3.05, 3.63) is 17.9 Å². The number of thioether (sulfide) groups is 1. The summed E-state index contributed by atoms with van der Waals surface area (Å²) in [5.74, 6) is 2.62. The fraction of sp³-hybridized carbons (Fsp3) is 0.692. The molecule has 0 spiro atoms. The Morgan fingerprint density at radius 3 is 2.75 bits per heavy atom. The lowest BCUT2D eigenvalue weighted by molar-refractivity contribution is 0.399. The molecule has 0 fully saturated rings. The first-order valence-electron chi connectivity index (χ1n) is 6.89. The van der Waals surface area contributed by atoms with Gasteiger partial charge in [0.2, 0.25) is 5.09 Å². The summed E-state index contributed by atoms with van der Waals surface area (Å²) in [5.41, 5.74) is 0. The molecule has 0 aromatic carbocycles. The molecule has 0 amide bonds. The van der Waals surface area contributed by atoms with E-state index in [2.05, 4.69) is 17.0 Å². The van der Waals surface area contributed by atoms with E-state index in [1.54, 1.807) is 17.8 Å². The highest BCUT2D eigenvalue weighted by molar-refractivity contribution is 7.99. The highest BCUT2D eigenvalue weighted by atomic mass is 32.2. The molecule has 20 heavy (non-hydrogen) atoms. The maximum absolute atomic E-state index is 12.1. The van der Waals surface area contributed by atoms with E-state index in [-0.39, 0.29) is 11.1 Å². The summed E-state index contributed by atoms with van der Waals surface area (Å²) in [4.78, 5) is 0. The van der Waals surface area contributed by atoms with Crippen molar-refractivity contribution < 1.29 is 12.8 Å². The zero-order valence-electron chi connectivity index (χ0n) is 12.3. The first-order chi connectivity index (χ1) is 9.49. The molecule has 116 valence electrons. The molecule has 1 atom stereocenters. The van der Waals surface area contributed by atoms with Crippen molar-refractivity contribution in [2.24, 2.45) is 0 Å². The minimum absolute atomic E-state index is 0.0135. The minimum atomic E-state index is -3.55. The summed E-state index contributed by atoms with van der Waals surface area (Å²) in [5, 5.41) is 3.08. The molecule has 2 N–H and O–H groups in total. The second-order valence-corrected chi connectivity index (χ2v) is 7.55. The van der Waals surface area contributed by atoms with Crippen molar-refractivity contribution in [3.63, 3.8) is 0 Å². The van der Waals surface area contributed by atoms with Crippen molar-refractivity contribution in [3.8, 4) is 0 Å². The van der Waals surface area contributed by atoms with Gasteiger partial charge in [-0.2, -0.15) is 11.8 Å². The van der Waals surface area contributed by atoms with Gasteiger partial charge in [0, 0.05) is 6.04 Å². The van der Waals surface area contributed by atoms with E-state index in [4.69, 9.17) is 4.42 Å². The number of hydrogen-bond donors (Lipinski definition) is 2. The van der Waals surface area contributed by atoms with Crippen LogP contribution >= 0.6 is 11.8 Å². The number of nitrogens with one attached hydrogen (secondary N) is 2. The Labute approximate surface area is 125 Å². The van der Waals surface area contributed by atoms with Gasteiger partial charge < -0.3 is 9.73 Å². The lowest BCUT2D eigenvalue weighted by Crippen LogP contribution is -2.32. The molecule has 0 radical (unpaired) electrons. The lowest BCUT2D eigenvalue weighted by atomic mass is 10.3. The fourth-order valence-corrected chi connectivity index (χ4v) is 3.67. The van der Waals surface area contributed by atoms with Gasteiger partial charge in [-0.1, -0.05) is 13.8 Å². The molecule has 1 heterocycles.